The van der Waals surface area contributed by atoms with Crippen LogP contribution in [0.3, 0.4) is 0 Å². The summed E-state index contributed by atoms with van der Waals surface area (Å²) in [5.74, 6) is 1.39. The molecule has 2 unspecified atom stereocenters. The molecule has 0 saturated heterocycles. The maximum absolute atomic E-state index is 3.64. The maximum Gasteiger partial charge on any atom is 0.0445 e. The summed E-state index contributed by atoms with van der Waals surface area (Å²) in [6, 6.07) is 2.82. The van der Waals surface area contributed by atoms with Gasteiger partial charge in [-0.1, -0.05) is 27.7 Å². The molecule has 2 atom stereocenters. The number of hydrogen-bond acceptors (Lipinski definition) is 2. The molecule has 0 aliphatic rings. The van der Waals surface area contributed by atoms with Crippen LogP contribution in [0.2, 0.25) is 0 Å². The van der Waals surface area contributed by atoms with E-state index in [1.807, 2.05) is 11.3 Å². The molecule has 0 spiro atoms. The highest BCUT2D eigenvalue weighted by molar-refractivity contribution is 7.12. The van der Waals surface area contributed by atoms with Gasteiger partial charge < -0.3 is 5.32 Å². The van der Waals surface area contributed by atoms with Crippen LogP contribution in [0.4, 0.5) is 0 Å². The molecule has 1 nitrogen and oxygen atoms in total. The van der Waals surface area contributed by atoms with E-state index < -0.39 is 0 Å². The lowest BCUT2D eigenvalue weighted by Crippen LogP contribution is -2.29. The van der Waals surface area contributed by atoms with E-state index in [0.29, 0.717) is 17.9 Å². The third-order valence-corrected chi connectivity index (χ3v) is 4.60. The number of rotatable bonds is 5. The molecule has 1 aromatic heterocycles. The Balaban J connectivity index is 2.97. The summed E-state index contributed by atoms with van der Waals surface area (Å²) in [4.78, 5) is 2.95. The number of aryl methyl sites for hydroxylation is 2. The Morgan fingerprint density at radius 1 is 1.25 bits per heavy atom. The van der Waals surface area contributed by atoms with Crippen molar-refractivity contribution in [2.45, 2.75) is 47.6 Å². The fourth-order valence-electron chi connectivity index (χ4n) is 2.09. The van der Waals surface area contributed by atoms with Gasteiger partial charge in [0, 0.05) is 15.8 Å². The fraction of sp³-hybridized carbons (Fsp3) is 0.714. The highest BCUT2D eigenvalue weighted by atomic mass is 32.1. The highest BCUT2D eigenvalue weighted by Gasteiger charge is 2.23. The van der Waals surface area contributed by atoms with Gasteiger partial charge in [-0.2, -0.15) is 0 Å². The average molecular weight is 239 g/mol. The van der Waals surface area contributed by atoms with Crippen molar-refractivity contribution in [3.63, 3.8) is 0 Å². The minimum absolute atomic E-state index is 0.517. The van der Waals surface area contributed by atoms with Gasteiger partial charge >= 0.3 is 0 Å². The van der Waals surface area contributed by atoms with E-state index in [4.69, 9.17) is 0 Å². The standard InChI is InChI=1S/C14H25NS/c1-7-15-13(12(6)9(2)3)14-10(4)8-11(5)16-14/h8-9,12-13,15H,7H2,1-6H3. The molecular weight excluding hydrogens is 214 g/mol. The summed E-state index contributed by atoms with van der Waals surface area (Å²) in [5.41, 5.74) is 1.45. The van der Waals surface area contributed by atoms with Crippen LogP contribution < -0.4 is 5.32 Å². The Morgan fingerprint density at radius 3 is 2.25 bits per heavy atom. The molecule has 0 aliphatic heterocycles. The smallest absolute Gasteiger partial charge is 0.0445 e. The van der Waals surface area contributed by atoms with Crippen molar-refractivity contribution in [1.29, 1.82) is 0 Å². The normalized spacial score (nSPS) is 15.4. The van der Waals surface area contributed by atoms with Gasteiger partial charge in [0.15, 0.2) is 0 Å². The van der Waals surface area contributed by atoms with E-state index in [-0.39, 0.29) is 0 Å². The lowest BCUT2D eigenvalue weighted by atomic mass is 9.88. The zero-order valence-corrected chi connectivity index (χ0v) is 12.2. The summed E-state index contributed by atoms with van der Waals surface area (Å²) < 4.78 is 0. The van der Waals surface area contributed by atoms with E-state index >= 15 is 0 Å². The van der Waals surface area contributed by atoms with Crippen molar-refractivity contribution in [3.05, 3.63) is 21.4 Å². The van der Waals surface area contributed by atoms with Crippen molar-refractivity contribution >= 4 is 11.3 Å². The van der Waals surface area contributed by atoms with Gasteiger partial charge in [-0.25, -0.2) is 0 Å². The van der Waals surface area contributed by atoms with Crippen molar-refractivity contribution in [1.82, 2.24) is 5.32 Å². The van der Waals surface area contributed by atoms with E-state index in [0.717, 1.165) is 6.54 Å². The Kier molecular flexibility index (Phi) is 5.00. The van der Waals surface area contributed by atoms with Crippen molar-refractivity contribution in [3.8, 4) is 0 Å². The zero-order valence-electron chi connectivity index (χ0n) is 11.4. The van der Waals surface area contributed by atoms with Crippen LogP contribution in [0.5, 0.6) is 0 Å². The molecule has 1 N–H and O–H groups in total. The Bertz CT molecular complexity index is 327. The predicted molar refractivity (Wildman–Crippen MR) is 74.2 cm³/mol. The Morgan fingerprint density at radius 2 is 1.88 bits per heavy atom. The first-order chi connectivity index (χ1) is 7.47. The van der Waals surface area contributed by atoms with Gasteiger partial charge in [-0.3, -0.25) is 0 Å². The van der Waals surface area contributed by atoms with E-state index in [1.165, 1.54) is 15.3 Å². The molecule has 1 aromatic rings. The monoisotopic (exact) mass is 239 g/mol. The molecule has 0 amide bonds. The molecule has 0 bridgehead atoms. The number of hydrogen-bond donors (Lipinski definition) is 1. The molecule has 2 heteroatoms. The summed E-state index contributed by atoms with van der Waals surface area (Å²) in [7, 11) is 0. The predicted octanol–water partition coefficient (Wildman–Crippen LogP) is 4.31. The van der Waals surface area contributed by atoms with Gasteiger partial charge in [0.05, 0.1) is 0 Å². The molecule has 0 saturated carbocycles. The third-order valence-electron chi connectivity index (χ3n) is 3.36. The van der Waals surface area contributed by atoms with Crippen LogP contribution in [0, 0.1) is 25.7 Å². The second-order valence-corrected chi connectivity index (χ2v) is 6.33. The fourth-order valence-corrected chi connectivity index (χ4v) is 3.32. The van der Waals surface area contributed by atoms with Crippen LogP contribution in [0.15, 0.2) is 6.07 Å². The third kappa shape index (κ3) is 3.08. The molecule has 0 radical (unpaired) electrons. The first kappa shape index (κ1) is 13.7. The summed E-state index contributed by atoms with van der Waals surface area (Å²) >= 11 is 1.95. The maximum atomic E-state index is 3.64. The summed E-state index contributed by atoms with van der Waals surface area (Å²) in [6.07, 6.45) is 0. The van der Waals surface area contributed by atoms with Gasteiger partial charge in [0.25, 0.3) is 0 Å². The molecule has 92 valence electrons. The highest BCUT2D eigenvalue weighted by Crippen LogP contribution is 2.34. The van der Waals surface area contributed by atoms with Crippen molar-refractivity contribution in [2.24, 2.45) is 11.8 Å². The lowest BCUT2D eigenvalue weighted by molar-refractivity contribution is 0.310. The average Bonchev–Trinajstić information content (AvgIpc) is 2.53. The van der Waals surface area contributed by atoms with E-state index in [1.54, 1.807) is 0 Å². The summed E-state index contributed by atoms with van der Waals surface area (Å²) in [6.45, 7) is 14.6. The largest absolute Gasteiger partial charge is 0.309 e. The quantitative estimate of drug-likeness (QED) is 0.807. The molecule has 0 aromatic carbocycles. The van der Waals surface area contributed by atoms with E-state index in [2.05, 4.69) is 52.9 Å². The minimum atomic E-state index is 0.517. The van der Waals surface area contributed by atoms with Crippen LogP contribution in [0.1, 0.15) is 49.1 Å². The topological polar surface area (TPSA) is 12.0 Å². The second-order valence-electron chi connectivity index (χ2n) is 5.04. The van der Waals surface area contributed by atoms with Gasteiger partial charge in [0.1, 0.15) is 0 Å². The SMILES string of the molecule is CCNC(c1sc(C)cc1C)C(C)C(C)C. The van der Waals surface area contributed by atoms with Crippen LogP contribution in [-0.4, -0.2) is 6.54 Å². The molecule has 1 heterocycles. The van der Waals surface area contributed by atoms with Crippen LogP contribution in [0.25, 0.3) is 0 Å². The molecule has 0 fully saturated rings. The zero-order chi connectivity index (χ0) is 12.3. The molecule has 0 aliphatic carbocycles. The second kappa shape index (κ2) is 5.83. The van der Waals surface area contributed by atoms with Gasteiger partial charge in [0.2, 0.25) is 0 Å². The first-order valence-corrected chi connectivity index (χ1v) is 7.09. The Labute approximate surface area is 104 Å². The first-order valence-electron chi connectivity index (χ1n) is 6.27. The molecule has 16 heavy (non-hydrogen) atoms. The molecule has 1 rings (SSSR count). The van der Waals surface area contributed by atoms with Crippen LogP contribution in [-0.2, 0) is 0 Å². The summed E-state index contributed by atoms with van der Waals surface area (Å²) in [5, 5.41) is 3.64. The van der Waals surface area contributed by atoms with Gasteiger partial charge in [-0.05, 0) is 43.9 Å². The minimum Gasteiger partial charge on any atom is -0.309 e. The van der Waals surface area contributed by atoms with E-state index in [9.17, 15) is 0 Å². The number of thiophene rings is 1. The van der Waals surface area contributed by atoms with Gasteiger partial charge in [-0.15, -0.1) is 11.3 Å². The Hall–Kier alpha value is -0.340. The molecular formula is C14H25NS. The lowest BCUT2D eigenvalue weighted by Gasteiger charge is -2.27. The van der Waals surface area contributed by atoms with Crippen molar-refractivity contribution in [2.75, 3.05) is 6.54 Å². The number of nitrogens with one attached hydrogen (secondary N) is 1. The van der Waals surface area contributed by atoms with Crippen LogP contribution >= 0.6 is 11.3 Å². The van der Waals surface area contributed by atoms with Crippen molar-refractivity contribution < 1.29 is 0 Å².